The molecule has 0 aliphatic carbocycles. The molecule has 2 heterocycles. The Kier molecular flexibility index (Phi) is 5.95. The van der Waals surface area contributed by atoms with Gasteiger partial charge in [-0.3, -0.25) is 9.36 Å². The van der Waals surface area contributed by atoms with E-state index in [1.807, 2.05) is 22.9 Å². The van der Waals surface area contributed by atoms with Gasteiger partial charge < -0.3 is 4.90 Å². The normalized spacial score (nSPS) is 18.7. The monoisotopic (exact) mass is 407 g/mol. The summed E-state index contributed by atoms with van der Waals surface area (Å²) in [5.74, 6) is 0.760. The lowest BCUT2D eigenvalue weighted by Crippen LogP contribution is -2.38. The number of carbonyl (C=O) groups excluding carboxylic acids is 1. The van der Waals surface area contributed by atoms with Crippen LogP contribution in [0.3, 0.4) is 0 Å². The van der Waals surface area contributed by atoms with Crippen LogP contribution in [0.5, 0.6) is 0 Å². The van der Waals surface area contributed by atoms with E-state index >= 15 is 0 Å². The summed E-state index contributed by atoms with van der Waals surface area (Å²) >= 11 is 1.38. The molecule has 1 saturated heterocycles. The van der Waals surface area contributed by atoms with Crippen molar-refractivity contribution < 1.29 is 13.2 Å². The molecule has 1 aromatic heterocycles. The second-order valence-electron chi connectivity index (χ2n) is 7.14. The lowest BCUT2D eigenvalue weighted by Gasteiger charge is -2.23. The maximum Gasteiger partial charge on any atom is 0.233 e. The molecule has 0 radical (unpaired) electrons. The first-order valence-corrected chi connectivity index (χ1v) is 11.8. The summed E-state index contributed by atoms with van der Waals surface area (Å²) in [6, 6.07) is 7.96. The van der Waals surface area contributed by atoms with Crippen molar-refractivity contribution >= 4 is 27.5 Å². The van der Waals surface area contributed by atoms with E-state index in [2.05, 4.69) is 31.0 Å². The summed E-state index contributed by atoms with van der Waals surface area (Å²) < 4.78 is 25.3. The highest BCUT2D eigenvalue weighted by Gasteiger charge is 2.32. The minimum absolute atomic E-state index is 0.0658. The molecule has 0 bridgehead atoms. The molecule has 0 saturated carbocycles. The third-order valence-electron chi connectivity index (χ3n) is 4.90. The van der Waals surface area contributed by atoms with E-state index in [4.69, 9.17) is 0 Å². The molecule has 0 N–H and O–H groups in total. The summed E-state index contributed by atoms with van der Waals surface area (Å²) in [4.78, 5) is 18.5. The molecule has 146 valence electrons. The summed E-state index contributed by atoms with van der Waals surface area (Å²) in [7, 11) is -1.32. The SMILES string of the molecule is CC(C)c1ccccc1-n1ccnc1SCC(=O)N(C)C1CCS(=O)(=O)C1. The van der Waals surface area contributed by atoms with Crippen LogP contribution in [-0.2, 0) is 14.6 Å². The van der Waals surface area contributed by atoms with Crippen molar-refractivity contribution in [2.75, 3.05) is 24.3 Å². The van der Waals surface area contributed by atoms with Crippen LogP contribution in [0.4, 0.5) is 0 Å². The molecule has 1 aliphatic heterocycles. The van der Waals surface area contributed by atoms with Gasteiger partial charge in [0.1, 0.15) is 0 Å². The molecule has 1 aliphatic rings. The Morgan fingerprint density at radius 3 is 2.78 bits per heavy atom. The summed E-state index contributed by atoms with van der Waals surface area (Å²) in [6.07, 6.45) is 4.16. The van der Waals surface area contributed by atoms with Gasteiger partial charge in [0.25, 0.3) is 0 Å². The van der Waals surface area contributed by atoms with Crippen molar-refractivity contribution in [2.45, 2.75) is 37.4 Å². The molecule has 1 amide bonds. The van der Waals surface area contributed by atoms with Gasteiger partial charge in [0.15, 0.2) is 15.0 Å². The third kappa shape index (κ3) is 4.55. The average molecular weight is 408 g/mol. The highest BCUT2D eigenvalue weighted by atomic mass is 32.2. The van der Waals surface area contributed by atoms with Crippen LogP contribution in [0.15, 0.2) is 41.8 Å². The number of amides is 1. The molecule has 6 nitrogen and oxygen atoms in total. The van der Waals surface area contributed by atoms with Crippen molar-refractivity contribution in [3.63, 3.8) is 0 Å². The third-order valence-corrected chi connectivity index (χ3v) is 7.60. The average Bonchev–Trinajstić information content (AvgIpc) is 3.24. The van der Waals surface area contributed by atoms with Gasteiger partial charge in [0.05, 0.1) is 22.9 Å². The smallest absolute Gasteiger partial charge is 0.233 e. The fourth-order valence-corrected chi connectivity index (χ4v) is 5.95. The van der Waals surface area contributed by atoms with Crippen LogP contribution < -0.4 is 0 Å². The Bertz CT molecular complexity index is 922. The molecule has 1 aromatic carbocycles. The number of hydrogen-bond acceptors (Lipinski definition) is 5. The van der Waals surface area contributed by atoms with E-state index in [9.17, 15) is 13.2 Å². The lowest BCUT2D eigenvalue weighted by molar-refractivity contribution is -0.128. The molecule has 1 fully saturated rings. The number of aromatic nitrogens is 2. The Morgan fingerprint density at radius 2 is 2.11 bits per heavy atom. The number of hydrogen-bond donors (Lipinski definition) is 0. The first-order valence-electron chi connectivity index (χ1n) is 9.00. The second-order valence-corrected chi connectivity index (χ2v) is 10.3. The van der Waals surface area contributed by atoms with Crippen LogP contribution >= 0.6 is 11.8 Å². The van der Waals surface area contributed by atoms with E-state index in [0.29, 0.717) is 12.3 Å². The van der Waals surface area contributed by atoms with Gasteiger partial charge in [-0.15, -0.1) is 0 Å². The maximum atomic E-state index is 12.5. The van der Waals surface area contributed by atoms with Crippen molar-refractivity contribution in [1.29, 1.82) is 0 Å². The quantitative estimate of drug-likeness (QED) is 0.689. The van der Waals surface area contributed by atoms with Gasteiger partial charge in [-0.1, -0.05) is 43.8 Å². The molecule has 0 spiro atoms. The molecular formula is C19H25N3O3S2. The summed E-state index contributed by atoms with van der Waals surface area (Å²) in [5.41, 5.74) is 2.28. The van der Waals surface area contributed by atoms with Gasteiger partial charge in [0, 0.05) is 25.5 Å². The molecule has 27 heavy (non-hydrogen) atoms. The summed E-state index contributed by atoms with van der Waals surface area (Å²) in [6.45, 7) is 4.30. The Hall–Kier alpha value is -1.80. The second kappa shape index (κ2) is 8.06. The molecule has 1 unspecified atom stereocenters. The predicted molar refractivity (Wildman–Crippen MR) is 108 cm³/mol. The predicted octanol–water partition coefficient (Wildman–Crippen LogP) is 2.73. The Labute approximate surface area is 164 Å². The number of benzene rings is 1. The number of carbonyl (C=O) groups is 1. The van der Waals surface area contributed by atoms with Gasteiger partial charge >= 0.3 is 0 Å². The zero-order chi connectivity index (χ0) is 19.6. The first-order chi connectivity index (χ1) is 12.8. The zero-order valence-corrected chi connectivity index (χ0v) is 17.5. The van der Waals surface area contributed by atoms with Crippen LogP contribution in [-0.4, -0.2) is 59.1 Å². The van der Waals surface area contributed by atoms with Crippen molar-refractivity contribution in [3.8, 4) is 5.69 Å². The van der Waals surface area contributed by atoms with Gasteiger partial charge in [-0.2, -0.15) is 0 Å². The van der Waals surface area contributed by atoms with E-state index in [-0.39, 0.29) is 29.2 Å². The fourth-order valence-electron chi connectivity index (χ4n) is 3.29. The van der Waals surface area contributed by atoms with Crippen molar-refractivity contribution in [2.24, 2.45) is 0 Å². The van der Waals surface area contributed by atoms with E-state index < -0.39 is 9.84 Å². The zero-order valence-electron chi connectivity index (χ0n) is 15.8. The van der Waals surface area contributed by atoms with Gasteiger partial charge in [0.2, 0.25) is 5.91 Å². The van der Waals surface area contributed by atoms with Crippen molar-refractivity contribution in [3.05, 3.63) is 42.2 Å². The molecule has 1 atom stereocenters. The number of para-hydroxylation sites is 1. The Morgan fingerprint density at radius 1 is 1.37 bits per heavy atom. The van der Waals surface area contributed by atoms with E-state index in [1.54, 1.807) is 18.1 Å². The van der Waals surface area contributed by atoms with Crippen LogP contribution in [0.25, 0.3) is 5.69 Å². The van der Waals surface area contributed by atoms with Crippen LogP contribution in [0.1, 0.15) is 31.7 Å². The number of sulfone groups is 1. The first kappa shape index (κ1) is 19.9. The Balaban J connectivity index is 1.70. The van der Waals surface area contributed by atoms with Gasteiger partial charge in [-0.25, -0.2) is 13.4 Å². The molecule has 3 rings (SSSR count). The highest BCUT2D eigenvalue weighted by molar-refractivity contribution is 7.99. The van der Waals surface area contributed by atoms with Crippen molar-refractivity contribution in [1.82, 2.24) is 14.5 Å². The number of rotatable bonds is 6. The molecule has 2 aromatic rings. The van der Waals surface area contributed by atoms with Crippen LogP contribution in [0.2, 0.25) is 0 Å². The van der Waals surface area contributed by atoms with Gasteiger partial charge in [-0.05, 0) is 24.0 Å². The number of thioether (sulfide) groups is 1. The maximum absolute atomic E-state index is 12.5. The standard InChI is InChI=1S/C19H25N3O3S2/c1-14(2)16-6-4-5-7-17(16)22-10-9-20-19(22)26-12-18(23)21(3)15-8-11-27(24,25)13-15/h4-7,9-10,14-15H,8,11-13H2,1-3H3. The van der Waals surface area contributed by atoms with E-state index in [1.165, 1.54) is 17.3 Å². The molecular weight excluding hydrogens is 382 g/mol. The topological polar surface area (TPSA) is 72.3 Å². The van der Waals surface area contributed by atoms with E-state index in [0.717, 1.165) is 10.8 Å². The largest absolute Gasteiger partial charge is 0.341 e. The molecule has 8 heteroatoms. The van der Waals surface area contributed by atoms with Crippen LogP contribution in [0, 0.1) is 0 Å². The number of nitrogens with zero attached hydrogens (tertiary/aromatic N) is 3. The number of imidazole rings is 1. The highest BCUT2D eigenvalue weighted by Crippen LogP contribution is 2.27. The lowest BCUT2D eigenvalue weighted by atomic mass is 10.0. The minimum atomic E-state index is -3.01. The minimum Gasteiger partial charge on any atom is -0.341 e. The fraction of sp³-hybridized carbons (Fsp3) is 0.474. The summed E-state index contributed by atoms with van der Waals surface area (Å²) in [5, 5.41) is 0.754.